The summed E-state index contributed by atoms with van der Waals surface area (Å²) in [4.78, 5) is 0. The zero-order chi connectivity index (χ0) is 12.6. The first-order valence-corrected chi connectivity index (χ1v) is 7.24. The molecular weight excluding hydrogens is 218 g/mol. The molecule has 0 heterocycles. The molecule has 1 aromatic rings. The SMILES string of the molecule is CC1(C#N)CC1c1ccc(C2CCCCC2)cc1. The minimum atomic E-state index is -0.0909. The van der Waals surface area contributed by atoms with Gasteiger partial charge in [0, 0.05) is 5.92 Å². The Morgan fingerprint density at radius 1 is 1.06 bits per heavy atom. The van der Waals surface area contributed by atoms with E-state index in [2.05, 4.69) is 37.3 Å². The van der Waals surface area contributed by atoms with Crippen molar-refractivity contribution in [3.05, 3.63) is 35.4 Å². The second-order valence-electron chi connectivity index (χ2n) is 6.29. The first kappa shape index (κ1) is 11.8. The van der Waals surface area contributed by atoms with Crippen LogP contribution in [0.3, 0.4) is 0 Å². The Morgan fingerprint density at radius 3 is 2.22 bits per heavy atom. The third-order valence-electron chi connectivity index (χ3n) is 4.91. The van der Waals surface area contributed by atoms with Gasteiger partial charge in [-0.1, -0.05) is 43.5 Å². The Bertz CT molecular complexity index is 461. The fourth-order valence-electron chi connectivity index (χ4n) is 3.41. The van der Waals surface area contributed by atoms with Gasteiger partial charge in [-0.3, -0.25) is 0 Å². The lowest BCUT2D eigenvalue weighted by Gasteiger charge is -2.22. The lowest BCUT2D eigenvalue weighted by atomic mass is 9.83. The van der Waals surface area contributed by atoms with Gasteiger partial charge in [-0.2, -0.15) is 5.26 Å². The van der Waals surface area contributed by atoms with Crippen molar-refractivity contribution in [3.8, 4) is 6.07 Å². The molecule has 3 rings (SSSR count). The molecule has 1 aromatic carbocycles. The maximum Gasteiger partial charge on any atom is 0.0693 e. The van der Waals surface area contributed by atoms with E-state index in [9.17, 15) is 0 Å². The molecule has 0 radical (unpaired) electrons. The van der Waals surface area contributed by atoms with E-state index < -0.39 is 0 Å². The average Bonchev–Trinajstić information content (AvgIpc) is 3.13. The quantitative estimate of drug-likeness (QED) is 0.730. The molecule has 2 unspecified atom stereocenters. The Hall–Kier alpha value is -1.29. The molecule has 0 saturated heterocycles. The fourth-order valence-corrected chi connectivity index (χ4v) is 3.41. The molecule has 0 bridgehead atoms. The van der Waals surface area contributed by atoms with Gasteiger partial charge in [-0.15, -0.1) is 0 Å². The maximum atomic E-state index is 9.11. The van der Waals surface area contributed by atoms with Gasteiger partial charge in [0.05, 0.1) is 11.5 Å². The van der Waals surface area contributed by atoms with Gasteiger partial charge in [0.15, 0.2) is 0 Å². The van der Waals surface area contributed by atoms with E-state index >= 15 is 0 Å². The molecule has 0 aromatic heterocycles. The van der Waals surface area contributed by atoms with Crippen molar-refractivity contribution in [3.63, 3.8) is 0 Å². The zero-order valence-electron chi connectivity index (χ0n) is 11.2. The van der Waals surface area contributed by atoms with Crippen LogP contribution in [0, 0.1) is 16.7 Å². The summed E-state index contributed by atoms with van der Waals surface area (Å²) < 4.78 is 0. The third kappa shape index (κ3) is 2.05. The summed E-state index contributed by atoms with van der Waals surface area (Å²) in [5.41, 5.74) is 2.78. The summed E-state index contributed by atoms with van der Waals surface area (Å²) in [6.45, 7) is 2.08. The van der Waals surface area contributed by atoms with Crippen LogP contribution >= 0.6 is 0 Å². The second kappa shape index (κ2) is 4.43. The normalized spacial score (nSPS) is 31.9. The van der Waals surface area contributed by atoms with E-state index in [1.807, 2.05) is 0 Å². The van der Waals surface area contributed by atoms with Crippen LogP contribution in [0.4, 0.5) is 0 Å². The van der Waals surface area contributed by atoms with Crippen LogP contribution in [0.2, 0.25) is 0 Å². The predicted molar refractivity (Wildman–Crippen MR) is 73.3 cm³/mol. The number of rotatable bonds is 2. The maximum absolute atomic E-state index is 9.11. The summed E-state index contributed by atoms with van der Waals surface area (Å²) in [5.74, 6) is 1.26. The first-order chi connectivity index (χ1) is 8.73. The minimum Gasteiger partial charge on any atom is -0.198 e. The highest BCUT2D eigenvalue weighted by molar-refractivity contribution is 5.36. The van der Waals surface area contributed by atoms with Gasteiger partial charge < -0.3 is 0 Å². The summed E-state index contributed by atoms with van der Waals surface area (Å²) >= 11 is 0. The van der Waals surface area contributed by atoms with Crippen LogP contribution in [0.5, 0.6) is 0 Å². The van der Waals surface area contributed by atoms with E-state index in [1.165, 1.54) is 43.2 Å². The second-order valence-corrected chi connectivity index (χ2v) is 6.29. The van der Waals surface area contributed by atoms with E-state index in [1.54, 1.807) is 0 Å². The molecule has 2 aliphatic rings. The average molecular weight is 239 g/mol. The highest BCUT2D eigenvalue weighted by Crippen LogP contribution is 2.58. The van der Waals surface area contributed by atoms with Crippen molar-refractivity contribution in [2.75, 3.05) is 0 Å². The van der Waals surface area contributed by atoms with Crippen molar-refractivity contribution >= 4 is 0 Å². The van der Waals surface area contributed by atoms with Gasteiger partial charge >= 0.3 is 0 Å². The molecule has 18 heavy (non-hydrogen) atoms. The molecule has 1 nitrogen and oxygen atoms in total. The molecule has 94 valence electrons. The van der Waals surface area contributed by atoms with Gasteiger partial charge in [-0.05, 0) is 43.2 Å². The number of benzene rings is 1. The van der Waals surface area contributed by atoms with Crippen molar-refractivity contribution < 1.29 is 0 Å². The number of hydrogen-bond donors (Lipinski definition) is 0. The zero-order valence-corrected chi connectivity index (χ0v) is 11.2. The highest BCUT2D eigenvalue weighted by atomic mass is 14.5. The smallest absolute Gasteiger partial charge is 0.0693 e. The lowest BCUT2D eigenvalue weighted by Crippen LogP contribution is -2.04. The van der Waals surface area contributed by atoms with E-state index in [0.717, 1.165) is 12.3 Å². The summed E-state index contributed by atoms with van der Waals surface area (Å²) in [5, 5.41) is 9.11. The first-order valence-electron chi connectivity index (χ1n) is 7.24. The van der Waals surface area contributed by atoms with Crippen molar-refractivity contribution in [2.45, 2.75) is 57.3 Å². The minimum absolute atomic E-state index is 0.0909. The van der Waals surface area contributed by atoms with Crippen LogP contribution < -0.4 is 0 Å². The molecule has 2 saturated carbocycles. The van der Waals surface area contributed by atoms with Crippen LogP contribution in [-0.2, 0) is 0 Å². The lowest BCUT2D eigenvalue weighted by molar-refractivity contribution is 0.443. The van der Waals surface area contributed by atoms with Crippen molar-refractivity contribution in [1.82, 2.24) is 0 Å². The Labute approximate surface area is 110 Å². The van der Waals surface area contributed by atoms with Crippen LogP contribution in [0.15, 0.2) is 24.3 Å². The van der Waals surface area contributed by atoms with Gasteiger partial charge in [0.1, 0.15) is 0 Å². The molecule has 2 aliphatic carbocycles. The van der Waals surface area contributed by atoms with Gasteiger partial charge in [-0.25, -0.2) is 0 Å². The predicted octanol–water partition coefficient (Wildman–Crippen LogP) is 4.75. The van der Waals surface area contributed by atoms with E-state index in [4.69, 9.17) is 5.26 Å². The molecule has 0 spiro atoms. The summed E-state index contributed by atoms with van der Waals surface area (Å²) in [6, 6.07) is 11.6. The molecule has 1 heteroatoms. The molecule has 2 fully saturated rings. The van der Waals surface area contributed by atoms with Gasteiger partial charge in [0.25, 0.3) is 0 Å². The monoisotopic (exact) mass is 239 g/mol. The molecule has 0 N–H and O–H groups in total. The standard InChI is InChI=1S/C17H21N/c1-17(12-18)11-16(17)15-9-7-14(8-10-15)13-5-3-2-4-6-13/h7-10,13,16H,2-6,11H2,1H3. The molecular formula is C17H21N. The summed E-state index contributed by atoms with van der Waals surface area (Å²) in [6.07, 6.45) is 7.95. The Morgan fingerprint density at radius 2 is 1.67 bits per heavy atom. The Kier molecular flexibility index (Phi) is 2.90. The van der Waals surface area contributed by atoms with Crippen molar-refractivity contribution in [1.29, 1.82) is 5.26 Å². The number of nitrogens with zero attached hydrogens (tertiary/aromatic N) is 1. The van der Waals surface area contributed by atoms with E-state index in [-0.39, 0.29) is 5.41 Å². The van der Waals surface area contributed by atoms with Crippen molar-refractivity contribution in [2.24, 2.45) is 5.41 Å². The van der Waals surface area contributed by atoms with Gasteiger partial charge in [0.2, 0.25) is 0 Å². The number of nitriles is 1. The molecule has 2 atom stereocenters. The fraction of sp³-hybridized carbons (Fsp3) is 0.588. The van der Waals surface area contributed by atoms with E-state index in [0.29, 0.717) is 5.92 Å². The Balaban J connectivity index is 1.72. The van der Waals surface area contributed by atoms with Crippen LogP contribution in [0.1, 0.15) is 68.4 Å². The topological polar surface area (TPSA) is 23.8 Å². The molecule has 0 aliphatic heterocycles. The molecule has 0 amide bonds. The van der Waals surface area contributed by atoms with Crippen LogP contribution in [-0.4, -0.2) is 0 Å². The van der Waals surface area contributed by atoms with Crippen LogP contribution in [0.25, 0.3) is 0 Å². The highest BCUT2D eigenvalue weighted by Gasteiger charge is 2.51. The summed E-state index contributed by atoms with van der Waals surface area (Å²) in [7, 11) is 0. The largest absolute Gasteiger partial charge is 0.198 e. The number of hydrogen-bond acceptors (Lipinski definition) is 1. The third-order valence-corrected chi connectivity index (χ3v) is 4.91.